The van der Waals surface area contributed by atoms with Crippen LogP contribution in [-0.2, 0) is 17.2 Å². The molecule has 0 saturated heterocycles. The number of ether oxygens (including phenoxy) is 1. The fourth-order valence-corrected chi connectivity index (χ4v) is 3.89. The minimum absolute atomic E-state index is 0.227. The molecule has 0 aliphatic rings. The summed E-state index contributed by atoms with van der Waals surface area (Å²) in [4.78, 5) is 17.1. The highest BCUT2D eigenvalue weighted by atomic mass is 35.5. The Morgan fingerprint density at radius 1 is 1.10 bits per heavy atom. The van der Waals surface area contributed by atoms with Gasteiger partial charge in [-0.2, -0.15) is 5.26 Å². The Morgan fingerprint density at radius 3 is 2.58 bits per heavy atom. The van der Waals surface area contributed by atoms with Crippen LogP contribution in [-0.4, -0.2) is 22.1 Å². The number of halogens is 1. The standard InChI is InChI=1S/C25H20ClN3O2/c1-2-31-25(30)21-8-5-9-22-24(21)29(23(14-26)28-22)16-17-10-12-18(13-11-17)20-7-4-3-6-19(20)15-27/h3-13H,2,14,16H2,1H3. The Morgan fingerprint density at radius 2 is 1.87 bits per heavy atom. The number of benzene rings is 3. The van der Waals surface area contributed by atoms with Crippen LogP contribution in [0.2, 0.25) is 0 Å². The Kier molecular flexibility index (Phi) is 6.01. The first-order valence-corrected chi connectivity index (χ1v) is 10.5. The van der Waals surface area contributed by atoms with E-state index in [1.54, 1.807) is 19.1 Å². The predicted octanol–water partition coefficient (Wildman–Crippen LogP) is 5.54. The number of aromatic nitrogens is 2. The first-order valence-electron chi connectivity index (χ1n) is 9.96. The van der Waals surface area contributed by atoms with Crippen molar-refractivity contribution in [2.24, 2.45) is 0 Å². The average molecular weight is 430 g/mol. The third-order valence-electron chi connectivity index (χ3n) is 5.11. The third-order valence-corrected chi connectivity index (χ3v) is 5.35. The molecule has 0 bridgehead atoms. The van der Waals surface area contributed by atoms with E-state index in [0.717, 1.165) is 22.2 Å². The summed E-state index contributed by atoms with van der Waals surface area (Å²) in [6.07, 6.45) is 0. The van der Waals surface area contributed by atoms with Crippen molar-refractivity contribution < 1.29 is 9.53 Å². The molecule has 0 aliphatic heterocycles. The molecule has 0 fully saturated rings. The normalized spacial score (nSPS) is 10.7. The van der Waals surface area contributed by atoms with E-state index < -0.39 is 0 Å². The van der Waals surface area contributed by atoms with Gasteiger partial charge in [0.2, 0.25) is 0 Å². The Bertz CT molecular complexity index is 1290. The van der Waals surface area contributed by atoms with E-state index in [2.05, 4.69) is 11.1 Å². The predicted molar refractivity (Wildman–Crippen MR) is 121 cm³/mol. The van der Waals surface area contributed by atoms with Crippen LogP contribution >= 0.6 is 11.6 Å². The molecular weight excluding hydrogens is 410 g/mol. The Balaban J connectivity index is 1.73. The van der Waals surface area contributed by atoms with Gasteiger partial charge in [0.05, 0.1) is 40.7 Å². The van der Waals surface area contributed by atoms with Crippen LogP contribution in [0.25, 0.3) is 22.2 Å². The molecule has 0 spiro atoms. The average Bonchev–Trinajstić information content (AvgIpc) is 3.17. The third kappa shape index (κ3) is 4.03. The lowest BCUT2D eigenvalue weighted by atomic mass is 9.99. The highest BCUT2D eigenvalue weighted by Gasteiger charge is 2.19. The topological polar surface area (TPSA) is 67.9 Å². The summed E-state index contributed by atoms with van der Waals surface area (Å²) in [5, 5.41) is 9.36. The van der Waals surface area contributed by atoms with Crippen molar-refractivity contribution in [2.75, 3.05) is 6.61 Å². The monoisotopic (exact) mass is 429 g/mol. The van der Waals surface area contributed by atoms with Gasteiger partial charge in [0, 0.05) is 6.54 Å². The number of imidazole rings is 1. The van der Waals surface area contributed by atoms with Crippen molar-refractivity contribution in [3.63, 3.8) is 0 Å². The van der Waals surface area contributed by atoms with E-state index in [0.29, 0.717) is 35.6 Å². The number of carbonyl (C=O) groups excluding carboxylic acids is 1. The molecule has 0 atom stereocenters. The summed E-state index contributed by atoms with van der Waals surface area (Å²) in [5.74, 6) is 0.538. The smallest absolute Gasteiger partial charge is 0.340 e. The van der Waals surface area contributed by atoms with E-state index in [9.17, 15) is 10.1 Å². The summed E-state index contributed by atoms with van der Waals surface area (Å²) in [7, 11) is 0. The van der Waals surface area contributed by atoms with Crippen molar-refractivity contribution in [3.8, 4) is 17.2 Å². The zero-order chi connectivity index (χ0) is 21.8. The molecule has 154 valence electrons. The number of para-hydroxylation sites is 1. The molecule has 4 rings (SSSR count). The molecule has 0 aliphatic carbocycles. The van der Waals surface area contributed by atoms with Crippen LogP contribution in [0.4, 0.5) is 0 Å². The van der Waals surface area contributed by atoms with Crippen LogP contribution in [0.3, 0.4) is 0 Å². The summed E-state index contributed by atoms with van der Waals surface area (Å²) >= 11 is 6.17. The largest absolute Gasteiger partial charge is 0.462 e. The van der Waals surface area contributed by atoms with E-state index in [1.165, 1.54) is 0 Å². The van der Waals surface area contributed by atoms with Crippen LogP contribution in [0.15, 0.2) is 66.7 Å². The fraction of sp³-hybridized carbons (Fsp3) is 0.160. The number of nitrogens with zero attached hydrogens (tertiary/aromatic N) is 3. The van der Waals surface area contributed by atoms with Crippen LogP contribution < -0.4 is 0 Å². The minimum atomic E-state index is -0.376. The maximum atomic E-state index is 12.5. The summed E-state index contributed by atoms with van der Waals surface area (Å²) in [5.41, 5.74) is 5.44. The lowest BCUT2D eigenvalue weighted by Gasteiger charge is -2.12. The van der Waals surface area contributed by atoms with E-state index in [-0.39, 0.29) is 11.8 Å². The van der Waals surface area contributed by atoms with Gasteiger partial charge < -0.3 is 9.30 Å². The van der Waals surface area contributed by atoms with Gasteiger partial charge in [0.15, 0.2) is 0 Å². The van der Waals surface area contributed by atoms with Gasteiger partial charge in [0.25, 0.3) is 0 Å². The van der Waals surface area contributed by atoms with Gasteiger partial charge >= 0.3 is 5.97 Å². The van der Waals surface area contributed by atoms with Gasteiger partial charge in [-0.3, -0.25) is 0 Å². The molecule has 31 heavy (non-hydrogen) atoms. The fourth-order valence-electron chi connectivity index (χ4n) is 3.68. The maximum Gasteiger partial charge on any atom is 0.340 e. The van der Waals surface area contributed by atoms with Crippen LogP contribution in [0, 0.1) is 11.3 Å². The molecule has 6 heteroatoms. The Labute approximate surface area is 185 Å². The second kappa shape index (κ2) is 9.03. The zero-order valence-electron chi connectivity index (χ0n) is 17.0. The highest BCUT2D eigenvalue weighted by molar-refractivity contribution is 6.17. The van der Waals surface area contributed by atoms with Gasteiger partial charge in [-0.25, -0.2) is 9.78 Å². The second-order valence-electron chi connectivity index (χ2n) is 7.00. The van der Waals surface area contributed by atoms with E-state index in [4.69, 9.17) is 16.3 Å². The first kappa shape index (κ1) is 20.6. The second-order valence-corrected chi connectivity index (χ2v) is 7.26. The summed E-state index contributed by atoms with van der Waals surface area (Å²) in [6, 6.07) is 23.2. The lowest BCUT2D eigenvalue weighted by Crippen LogP contribution is -2.10. The SMILES string of the molecule is CCOC(=O)c1cccc2nc(CCl)n(Cc3ccc(-c4ccccc4C#N)cc3)c12. The number of hydrogen-bond acceptors (Lipinski definition) is 4. The Hall–Kier alpha value is -3.62. The number of fused-ring (bicyclic) bond motifs is 1. The number of hydrogen-bond donors (Lipinski definition) is 0. The number of alkyl halides is 1. The molecule has 0 amide bonds. The molecule has 0 unspecified atom stereocenters. The molecule has 1 aromatic heterocycles. The summed E-state index contributed by atoms with van der Waals surface area (Å²) in [6.45, 7) is 2.60. The number of carbonyl (C=O) groups is 1. The van der Waals surface area contributed by atoms with Gasteiger partial charge in [-0.15, -0.1) is 11.6 Å². The molecule has 0 radical (unpaired) electrons. The van der Waals surface area contributed by atoms with Crippen LogP contribution in [0.5, 0.6) is 0 Å². The molecule has 5 nitrogen and oxygen atoms in total. The minimum Gasteiger partial charge on any atom is -0.462 e. The molecule has 1 heterocycles. The molecular formula is C25H20ClN3O2. The lowest BCUT2D eigenvalue weighted by molar-refractivity contribution is 0.0528. The van der Waals surface area contributed by atoms with Crippen molar-refractivity contribution >= 4 is 28.6 Å². The zero-order valence-corrected chi connectivity index (χ0v) is 17.8. The number of nitriles is 1. The number of rotatable bonds is 6. The molecule has 0 saturated carbocycles. The van der Waals surface area contributed by atoms with Gasteiger partial charge in [0.1, 0.15) is 5.82 Å². The van der Waals surface area contributed by atoms with Crippen LogP contribution in [0.1, 0.15) is 34.2 Å². The molecule has 0 N–H and O–H groups in total. The van der Waals surface area contributed by atoms with Gasteiger partial charge in [-0.1, -0.05) is 48.5 Å². The summed E-state index contributed by atoms with van der Waals surface area (Å²) < 4.78 is 7.20. The van der Waals surface area contributed by atoms with Crippen molar-refractivity contribution in [1.29, 1.82) is 5.26 Å². The maximum absolute atomic E-state index is 12.5. The highest BCUT2D eigenvalue weighted by Crippen LogP contribution is 2.26. The van der Waals surface area contributed by atoms with Crippen molar-refractivity contribution in [3.05, 3.63) is 89.2 Å². The quantitative estimate of drug-likeness (QED) is 0.298. The van der Waals surface area contributed by atoms with E-state index in [1.807, 2.05) is 59.2 Å². The molecule has 3 aromatic carbocycles. The number of esters is 1. The van der Waals surface area contributed by atoms with Crippen molar-refractivity contribution in [1.82, 2.24) is 9.55 Å². The molecule has 4 aromatic rings. The van der Waals surface area contributed by atoms with Gasteiger partial charge in [-0.05, 0) is 41.8 Å². The van der Waals surface area contributed by atoms with Crippen molar-refractivity contribution in [2.45, 2.75) is 19.3 Å². The first-order chi connectivity index (χ1) is 15.2. The van der Waals surface area contributed by atoms with E-state index >= 15 is 0 Å².